The minimum absolute atomic E-state index is 0.0399. The second-order valence-corrected chi connectivity index (χ2v) is 12.6. The van der Waals surface area contributed by atoms with E-state index in [0.29, 0.717) is 56.4 Å². The number of aromatic nitrogens is 2. The highest BCUT2D eigenvalue weighted by molar-refractivity contribution is 5.99. The molecule has 12 heteroatoms. The molecule has 1 aliphatic heterocycles. The van der Waals surface area contributed by atoms with Crippen LogP contribution in [0, 0.1) is 29.1 Å². The van der Waals surface area contributed by atoms with Crippen molar-refractivity contribution in [3.63, 3.8) is 0 Å². The lowest BCUT2D eigenvalue weighted by atomic mass is 9.96. The van der Waals surface area contributed by atoms with E-state index in [-0.39, 0.29) is 29.4 Å². The molecule has 0 amide bonds. The Balaban J connectivity index is 1.51. The van der Waals surface area contributed by atoms with Crippen LogP contribution in [0.4, 0.5) is 24.5 Å². The first-order valence-electron chi connectivity index (χ1n) is 14.4. The number of aromatic amines is 1. The zero-order valence-electron chi connectivity index (χ0n) is 24.9. The van der Waals surface area contributed by atoms with Crippen LogP contribution in [0.5, 0.6) is 0 Å². The number of hydrogen-bond donors (Lipinski definition) is 5. The number of H-pyrrole nitrogens is 1. The molecule has 1 fully saturated rings. The normalized spacial score (nSPS) is 16.4. The van der Waals surface area contributed by atoms with Crippen molar-refractivity contribution in [1.29, 1.82) is 5.26 Å². The molecule has 0 unspecified atom stereocenters. The number of halogens is 3. The maximum atomic E-state index is 14.0. The highest BCUT2D eigenvalue weighted by Gasteiger charge is 2.67. The molecule has 2 aliphatic rings. The SMILES string of the molecule is C#Cc1cnc2c(C#N)cc(N[C@H](C3=CN(C4(C(F)(F)F)CC4)NN3)c3cccc4c(=O)[nH]ccc34)cc2c1NCC(C)(C)C. The quantitative estimate of drug-likeness (QED) is 0.166. The molecule has 0 saturated heterocycles. The summed E-state index contributed by atoms with van der Waals surface area (Å²) in [4.78, 5) is 19.8. The number of benzene rings is 2. The summed E-state index contributed by atoms with van der Waals surface area (Å²) in [6.07, 6.45) is 5.80. The van der Waals surface area contributed by atoms with E-state index in [4.69, 9.17) is 6.42 Å². The zero-order valence-corrected chi connectivity index (χ0v) is 24.9. The molecule has 230 valence electrons. The van der Waals surface area contributed by atoms with Gasteiger partial charge in [-0.3, -0.25) is 14.8 Å². The Morgan fingerprint density at radius 3 is 2.58 bits per heavy atom. The van der Waals surface area contributed by atoms with Gasteiger partial charge in [-0.15, -0.1) is 12.0 Å². The molecular weight excluding hydrogens is 581 g/mol. The Bertz CT molecular complexity index is 1990. The Labute approximate surface area is 257 Å². The molecule has 0 radical (unpaired) electrons. The van der Waals surface area contributed by atoms with E-state index >= 15 is 0 Å². The van der Waals surface area contributed by atoms with E-state index in [1.807, 2.05) is 12.1 Å². The van der Waals surface area contributed by atoms with Gasteiger partial charge in [-0.1, -0.05) is 38.8 Å². The molecule has 4 aromatic rings. The van der Waals surface area contributed by atoms with Gasteiger partial charge in [0.25, 0.3) is 5.56 Å². The number of terminal acetylenes is 1. The maximum absolute atomic E-state index is 14.0. The van der Waals surface area contributed by atoms with Crippen LogP contribution in [0.3, 0.4) is 0 Å². The number of nitrogens with one attached hydrogen (secondary N) is 5. The molecule has 1 saturated carbocycles. The van der Waals surface area contributed by atoms with Gasteiger partial charge in [0.05, 0.1) is 34.1 Å². The molecule has 2 aromatic carbocycles. The van der Waals surface area contributed by atoms with E-state index in [9.17, 15) is 23.2 Å². The van der Waals surface area contributed by atoms with Gasteiger partial charge in [-0.05, 0) is 53.5 Å². The third kappa shape index (κ3) is 5.38. The molecule has 45 heavy (non-hydrogen) atoms. The Morgan fingerprint density at radius 1 is 1.13 bits per heavy atom. The van der Waals surface area contributed by atoms with Gasteiger partial charge >= 0.3 is 6.18 Å². The Kier molecular flexibility index (Phi) is 7.13. The molecule has 0 spiro atoms. The third-order valence-corrected chi connectivity index (χ3v) is 8.13. The predicted molar refractivity (Wildman–Crippen MR) is 167 cm³/mol. The molecule has 2 aromatic heterocycles. The first-order chi connectivity index (χ1) is 21.3. The number of nitriles is 1. The van der Waals surface area contributed by atoms with E-state index in [1.165, 1.54) is 12.4 Å². The van der Waals surface area contributed by atoms with Crippen LogP contribution < -0.4 is 27.2 Å². The van der Waals surface area contributed by atoms with Crippen molar-refractivity contribution in [2.45, 2.75) is 51.4 Å². The molecule has 3 heterocycles. The lowest BCUT2D eigenvalue weighted by molar-refractivity contribution is -0.195. The van der Waals surface area contributed by atoms with Gasteiger partial charge in [0.2, 0.25) is 0 Å². The zero-order chi connectivity index (χ0) is 32.1. The molecule has 5 N–H and O–H groups in total. The summed E-state index contributed by atoms with van der Waals surface area (Å²) in [6.45, 7) is 6.83. The highest BCUT2D eigenvalue weighted by atomic mass is 19.4. The van der Waals surface area contributed by atoms with Crippen LogP contribution in [-0.2, 0) is 0 Å². The first-order valence-corrected chi connectivity index (χ1v) is 14.4. The van der Waals surface area contributed by atoms with Crippen LogP contribution in [0.1, 0.15) is 56.3 Å². The molecule has 9 nitrogen and oxygen atoms in total. The predicted octanol–water partition coefficient (Wildman–Crippen LogP) is 5.80. The standard InChI is InChI=1S/C33H31F3N8O/c1-5-19-16-39-28-20(15-37)13-21(14-25(28)27(19)40-18-31(2,3)4)41-29(23-7-6-8-24-22(23)9-12-38-30(24)45)26-17-44(43-42-26)32(10-11-32)33(34,35)36/h1,6-9,12-14,16-17,29,41-43H,10-11,18H2,2-4H3,(H,38,45)(H,39,40)/t29-/m0/s1. The van der Waals surface area contributed by atoms with E-state index in [0.717, 1.165) is 5.01 Å². The molecule has 1 atom stereocenters. The van der Waals surface area contributed by atoms with Crippen molar-refractivity contribution in [2.75, 3.05) is 17.2 Å². The Hall–Kier alpha value is -5.20. The summed E-state index contributed by atoms with van der Waals surface area (Å²) in [7, 11) is 0. The lowest BCUT2D eigenvalue weighted by Gasteiger charge is -2.28. The summed E-state index contributed by atoms with van der Waals surface area (Å²) in [5.74, 6) is 2.67. The Morgan fingerprint density at radius 2 is 1.91 bits per heavy atom. The number of fused-ring (bicyclic) bond motifs is 2. The molecule has 6 rings (SSSR count). The fourth-order valence-corrected chi connectivity index (χ4v) is 5.60. The monoisotopic (exact) mass is 612 g/mol. The second kappa shape index (κ2) is 10.8. The minimum atomic E-state index is -4.44. The van der Waals surface area contributed by atoms with Crippen molar-refractivity contribution in [2.24, 2.45) is 5.41 Å². The van der Waals surface area contributed by atoms with Crippen molar-refractivity contribution >= 4 is 33.1 Å². The van der Waals surface area contributed by atoms with Gasteiger partial charge in [0, 0.05) is 41.6 Å². The fourth-order valence-electron chi connectivity index (χ4n) is 5.60. The van der Waals surface area contributed by atoms with E-state index < -0.39 is 17.8 Å². The molecule has 1 aliphatic carbocycles. The van der Waals surface area contributed by atoms with Gasteiger partial charge < -0.3 is 21.0 Å². The van der Waals surface area contributed by atoms with E-state index in [1.54, 1.807) is 30.5 Å². The maximum Gasteiger partial charge on any atom is 0.413 e. The van der Waals surface area contributed by atoms with Crippen molar-refractivity contribution in [3.8, 4) is 18.4 Å². The van der Waals surface area contributed by atoms with Crippen molar-refractivity contribution < 1.29 is 13.2 Å². The molecular formula is C33H31F3N8O. The second-order valence-electron chi connectivity index (χ2n) is 12.6. The average molecular weight is 613 g/mol. The number of hydrazine groups is 2. The van der Waals surface area contributed by atoms with E-state index in [2.05, 4.69) is 64.3 Å². The largest absolute Gasteiger partial charge is 0.413 e. The van der Waals surface area contributed by atoms with Crippen LogP contribution in [0.25, 0.3) is 21.7 Å². The van der Waals surface area contributed by atoms with Crippen molar-refractivity contribution in [3.05, 3.63) is 87.7 Å². The summed E-state index contributed by atoms with van der Waals surface area (Å²) >= 11 is 0. The summed E-state index contributed by atoms with van der Waals surface area (Å²) < 4.78 is 42.1. The van der Waals surface area contributed by atoms with Crippen LogP contribution in [-0.4, -0.2) is 33.2 Å². The van der Waals surface area contributed by atoms with Gasteiger partial charge in [0.15, 0.2) is 5.54 Å². The number of nitrogens with zero attached hydrogens (tertiary/aromatic N) is 3. The fraction of sp³-hybridized carbons (Fsp3) is 0.303. The number of anilines is 2. The average Bonchev–Trinajstić information content (AvgIpc) is 3.69. The highest BCUT2D eigenvalue weighted by Crippen LogP contribution is 2.54. The molecule has 0 bridgehead atoms. The third-order valence-electron chi connectivity index (χ3n) is 8.13. The van der Waals surface area contributed by atoms with Gasteiger partial charge in [-0.2, -0.15) is 18.4 Å². The summed E-state index contributed by atoms with van der Waals surface area (Å²) in [5, 5.41) is 19.7. The number of pyridine rings is 2. The topological polar surface area (TPSA) is 121 Å². The van der Waals surface area contributed by atoms with Crippen molar-refractivity contribution in [1.82, 2.24) is 25.9 Å². The first kappa shape index (κ1) is 29.9. The van der Waals surface area contributed by atoms with Gasteiger partial charge in [0.1, 0.15) is 6.07 Å². The van der Waals surface area contributed by atoms with Gasteiger partial charge in [-0.25, -0.2) is 0 Å². The minimum Gasteiger partial charge on any atom is -0.383 e. The van der Waals surface area contributed by atoms with Crippen LogP contribution in [0.2, 0.25) is 0 Å². The number of hydrogen-bond acceptors (Lipinski definition) is 8. The van der Waals surface area contributed by atoms with Crippen LogP contribution in [0.15, 0.2) is 65.5 Å². The smallest absolute Gasteiger partial charge is 0.383 e. The lowest BCUT2D eigenvalue weighted by Crippen LogP contribution is -2.52. The number of rotatable bonds is 7. The number of alkyl halides is 3. The summed E-state index contributed by atoms with van der Waals surface area (Å²) in [6, 6.07) is 11.9. The van der Waals surface area contributed by atoms with Crippen LogP contribution >= 0.6 is 0 Å². The summed E-state index contributed by atoms with van der Waals surface area (Å²) in [5.41, 5.74) is 6.67.